The van der Waals surface area contributed by atoms with Gasteiger partial charge in [-0.3, -0.25) is 14.5 Å². The van der Waals surface area contributed by atoms with E-state index < -0.39 is 0 Å². The van der Waals surface area contributed by atoms with Crippen LogP contribution in [0.15, 0.2) is 66.7 Å². The summed E-state index contributed by atoms with van der Waals surface area (Å²) < 4.78 is 5.50. The lowest BCUT2D eigenvalue weighted by molar-refractivity contribution is -0.133. The number of hydrogen-bond donors (Lipinski definition) is 0. The van der Waals surface area contributed by atoms with E-state index in [4.69, 9.17) is 4.74 Å². The van der Waals surface area contributed by atoms with Gasteiger partial charge in [-0.1, -0.05) is 68.7 Å². The summed E-state index contributed by atoms with van der Waals surface area (Å²) in [6.07, 6.45) is 5.92. The van der Waals surface area contributed by atoms with E-state index in [-0.39, 0.29) is 18.4 Å². The first-order chi connectivity index (χ1) is 20.0. The van der Waals surface area contributed by atoms with Crippen molar-refractivity contribution in [3.63, 3.8) is 0 Å². The molecule has 1 aliphatic rings. The topological polar surface area (TPSA) is 53.1 Å². The number of nitrogens with zero attached hydrogens (tertiary/aromatic N) is 3. The van der Waals surface area contributed by atoms with Gasteiger partial charge in [0.1, 0.15) is 6.54 Å². The fourth-order valence-corrected chi connectivity index (χ4v) is 6.06. The van der Waals surface area contributed by atoms with Crippen molar-refractivity contribution >= 4 is 23.2 Å². The van der Waals surface area contributed by atoms with Gasteiger partial charge in [-0.25, -0.2) is 0 Å². The Labute approximate surface area is 249 Å². The van der Waals surface area contributed by atoms with Gasteiger partial charge in [0.2, 0.25) is 5.91 Å². The third-order valence-electron chi connectivity index (χ3n) is 7.63. The van der Waals surface area contributed by atoms with Crippen molar-refractivity contribution in [2.75, 3.05) is 45.9 Å². The van der Waals surface area contributed by atoms with Crippen molar-refractivity contribution in [1.82, 2.24) is 14.7 Å². The molecule has 7 heteroatoms. The first-order valence-corrected chi connectivity index (χ1v) is 15.9. The van der Waals surface area contributed by atoms with E-state index in [1.165, 1.54) is 36.1 Å². The molecule has 2 amide bonds. The van der Waals surface area contributed by atoms with Gasteiger partial charge in [0.15, 0.2) is 0 Å². The van der Waals surface area contributed by atoms with Gasteiger partial charge < -0.3 is 14.5 Å². The zero-order valence-electron chi connectivity index (χ0n) is 24.7. The van der Waals surface area contributed by atoms with Gasteiger partial charge in [0.05, 0.1) is 19.8 Å². The maximum atomic E-state index is 13.9. The molecule has 1 fully saturated rings. The van der Waals surface area contributed by atoms with Crippen LogP contribution in [0.1, 0.15) is 63.8 Å². The van der Waals surface area contributed by atoms with Crippen molar-refractivity contribution in [1.29, 1.82) is 0 Å². The molecule has 1 aliphatic heterocycles. The fraction of sp³-hybridized carbons (Fsp3) is 0.471. The summed E-state index contributed by atoms with van der Waals surface area (Å²) in [4.78, 5) is 36.0. The van der Waals surface area contributed by atoms with Crippen LogP contribution >= 0.6 is 11.3 Å². The standard InChI is InChI=1S/C34H45N3O3S/c1-3-4-5-7-10-29-14-16-31(17-15-29)34(39)36(20-19-35-21-23-40-24-22-35)27-33(38)37(25-30-11-8-6-9-12-30)26-32-18-13-28(2)41-32/h6,8-9,11-18H,3-5,7,10,19-27H2,1-2H3. The summed E-state index contributed by atoms with van der Waals surface area (Å²) in [7, 11) is 0. The summed E-state index contributed by atoms with van der Waals surface area (Å²) in [5.74, 6) is -0.126. The second kappa shape index (κ2) is 16.4. The molecule has 1 saturated heterocycles. The minimum absolute atomic E-state index is 0.0391. The molecule has 0 atom stereocenters. The number of thiophene rings is 1. The molecule has 3 aromatic rings. The van der Waals surface area contributed by atoms with Crippen LogP contribution < -0.4 is 0 Å². The highest BCUT2D eigenvalue weighted by molar-refractivity contribution is 7.11. The number of aryl methyl sites for hydroxylation is 2. The Kier molecular flexibility index (Phi) is 12.4. The summed E-state index contributed by atoms with van der Waals surface area (Å²) >= 11 is 1.71. The largest absolute Gasteiger partial charge is 0.379 e. The molecule has 6 nitrogen and oxygen atoms in total. The molecule has 0 unspecified atom stereocenters. The lowest BCUT2D eigenvalue weighted by Gasteiger charge is -2.31. The normalized spacial score (nSPS) is 13.7. The average molecular weight is 576 g/mol. The monoisotopic (exact) mass is 575 g/mol. The van der Waals surface area contributed by atoms with Crippen LogP contribution in [0.4, 0.5) is 0 Å². The number of ether oxygens (including phenoxy) is 1. The predicted molar refractivity (Wildman–Crippen MR) is 167 cm³/mol. The Hall–Kier alpha value is -3.00. The summed E-state index contributed by atoms with van der Waals surface area (Å²) in [6.45, 7) is 9.73. The molecule has 2 heterocycles. The van der Waals surface area contributed by atoms with E-state index in [0.29, 0.717) is 38.4 Å². The second-order valence-corrected chi connectivity index (χ2v) is 12.3. The lowest BCUT2D eigenvalue weighted by atomic mass is 10.0. The van der Waals surface area contributed by atoms with E-state index in [0.717, 1.165) is 36.5 Å². The minimum Gasteiger partial charge on any atom is -0.379 e. The molecule has 0 spiro atoms. The molecule has 41 heavy (non-hydrogen) atoms. The Morgan fingerprint density at radius 1 is 0.854 bits per heavy atom. The van der Waals surface area contributed by atoms with Gasteiger partial charge >= 0.3 is 0 Å². The van der Waals surface area contributed by atoms with Crippen LogP contribution in [-0.2, 0) is 29.0 Å². The molecule has 2 aromatic carbocycles. The number of carbonyl (C=O) groups is 2. The molecule has 0 aliphatic carbocycles. The van der Waals surface area contributed by atoms with Crippen molar-refractivity contribution in [2.45, 2.75) is 59.0 Å². The van der Waals surface area contributed by atoms with E-state index in [1.807, 2.05) is 47.4 Å². The van der Waals surface area contributed by atoms with E-state index in [9.17, 15) is 9.59 Å². The zero-order chi connectivity index (χ0) is 28.9. The molecular formula is C34H45N3O3S. The maximum absolute atomic E-state index is 13.9. The van der Waals surface area contributed by atoms with Crippen LogP contribution in [0.5, 0.6) is 0 Å². The third kappa shape index (κ3) is 10.1. The Morgan fingerprint density at radius 3 is 2.29 bits per heavy atom. The molecule has 0 N–H and O–H groups in total. The maximum Gasteiger partial charge on any atom is 0.254 e. The van der Waals surface area contributed by atoms with Gasteiger partial charge in [-0.05, 0) is 55.2 Å². The van der Waals surface area contributed by atoms with Crippen molar-refractivity contribution in [3.05, 3.63) is 93.2 Å². The van der Waals surface area contributed by atoms with E-state index in [1.54, 1.807) is 16.2 Å². The van der Waals surface area contributed by atoms with E-state index >= 15 is 0 Å². The Bertz CT molecular complexity index is 1210. The fourth-order valence-electron chi connectivity index (χ4n) is 5.15. The molecule has 1 aromatic heterocycles. The first-order valence-electron chi connectivity index (χ1n) is 15.1. The third-order valence-corrected chi connectivity index (χ3v) is 8.62. The van der Waals surface area contributed by atoms with Crippen LogP contribution in [0.3, 0.4) is 0 Å². The number of benzene rings is 2. The van der Waals surface area contributed by atoms with Gasteiger partial charge in [-0.2, -0.15) is 0 Å². The van der Waals surface area contributed by atoms with Gasteiger partial charge in [0.25, 0.3) is 5.91 Å². The van der Waals surface area contributed by atoms with Crippen LogP contribution in [0.25, 0.3) is 0 Å². The van der Waals surface area contributed by atoms with E-state index in [2.05, 4.69) is 43.0 Å². The zero-order valence-corrected chi connectivity index (χ0v) is 25.5. The summed E-state index contributed by atoms with van der Waals surface area (Å²) in [6, 6.07) is 22.3. The molecule has 0 bridgehead atoms. The van der Waals surface area contributed by atoms with Crippen molar-refractivity contribution < 1.29 is 14.3 Å². The molecule has 0 radical (unpaired) electrons. The summed E-state index contributed by atoms with van der Waals surface area (Å²) in [5.41, 5.74) is 2.98. The Morgan fingerprint density at radius 2 is 1.61 bits per heavy atom. The van der Waals surface area contributed by atoms with Gasteiger partial charge in [-0.15, -0.1) is 11.3 Å². The molecule has 0 saturated carbocycles. The highest BCUT2D eigenvalue weighted by Gasteiger charge is 2.24. The lowest BCUT2D eigenvalue weighted by Crippen LogP contribution is -2.47. The SMILES string of the molecule is CCCCCCc1ccc(C(=O)N(CCN2CCOCC2)CC(=O)N(Cc2ccccc2)Cc2ccc(C)s2)cc1. The molecule has 4 rings (SSSR count). The second-order valence-electron chi connectivity index (χ2n) is 10.9. The number of rotatable bonds is 15. The quantitative estimate of drug-likeness (QED) is 0.203. The van der Waals surface area contributed by atoms with Crippen LogP contribution in [0.2, 0.25) is 0 Å². The number of carbonyl (C=O) groups excluding carboxylic acids is 2. The van der Waals surface area contributed by atoms with Crippen LogP contribution in [-0.4, -0.2) is 72.5 Å². The smallest absolute Gasteiger partial charge is 0.254 e. The minimum atomic E-state index is -0.0872. The number of unbranched alkanes of at least 4 members (excludes halogenated alkanes) is 3. The highest BCUT2D eigenvalue weighted by Crippen LogP contribution is 2.19. The van der Waals surface area contributed by atoms with Crippen LogP contribution in [0, 0.1) is 6.92 Å². The summed E-state index contributed by atoms with van der Waals surface area (Å²) in [5, 5.41) is 0. The highest BCUT2D eigenvalue weighted by atomic mass is 32.1. The molecule has 220 valence electrons. The van der Waals surface area contributed by atoms with Crippen molar-refractivity contribution in [2.24, 2.45) is 0 Å². The molecular weight excluding hydrogens is 530 g/mol. The number of morpholine rings is 1. The first kappa shape index (κ1) is 30.9. The van der Waals surface area contributed by atoms with Gasteiger partial charge in [0, 0.05) is 48.0 Å². The number of amides is 2. The van der Waals surface area contributed by atoms with Crippen molar-refractivity contribution in [3.8, 4) is 0 Å². The average Bonchev–Trinajstić information content (AvgIpc) is 3.42. The predicted octanol–water partition coefficient (Wildman–Crippen LogP) is 6.18. The Balaban J connectivity index is 1.48. The number of hydrogen-bond acceptors (Lipinski definition) is 5.